The molecule has 0 heterocycles. The lowest BCUT2D eigenvalue weighted by Gasteiger charge is -2.38. The number of halogens is 3. The highest BCUT2D eigenvalue weighted by Gasteiger charge is 2.30. The second kappa shape index (κ2) is 10.7. The maximum atomic E-state index is 13.4. The normalized spacial score (nSPS) is 28.4. The van der Waals surface area contributed by atoms with E-state index in [9.17, 15) is 13.2 Å². The van der Waals surface area contributed by atoms with Crippen LogP contribution in [0.3, 0.4) is 0 Å². The summed E-state index contributed by atoms with van der Waals surface area (Å²) in [4.78, 5) is 0. The van der Waals surface area contributed by atoms with Crippen LogP contribution < -0.4 is 0 Å². The smallest absolute Gasteiger partial charge is 0.194 e. The van der Waals surface area contributed by atoms with Crippen LogP contribution in [0.25, 0.3) is 0 Å². The van der Waals surface area contributed by atoms with Gasteiger partial charge in [0.25, 0.3) is 0 Å². The predicted octanol–water partition coefficient (Wildman–Crippen LogP) is 8.23. The van der Waals surface area contributed by atoms with E-state index in [2.05, 4.69) is 6.92 Å². The van der Waals surface area contributed by atoms with Crippen molar-refractivity contribution >= 4 is 0 Å². The molecule has 0 spiro atoms. The number of hydrogen-bond donors (Lipinski definition) is 0. The summed E-state index contributed by atoms with van der Waals surface area (Å²) in [6.45, 7) is 2.28. The van der Waals surface area contributed by atoms with Crippen molar-refractivity contribution in [1.82, 2.24) is 0 Å². The Morgan fingerprint density at radius 3 is 1.71 bits per heavy atom. The van der Waals surface area contributed by atoms with E-state index in [-0.39, 0.29) is 0 Å². The van der Waals surface area contributed by atoms with Crippen LogP contribution in [-0.4, -0.2) is 0 Å². The molecule has 2 saturated carbocycles. The van der Waals surface area contributed by atoms with Crippen molar-refractivity contribution in [1.29, 1.82) is 0 Å². The van der Waals surface area contributed by atoms with E-state index in [1.807, 2.05) is 0 Å². The quantitative estimate of drug-likeness (QED) is 0.308. The number of rotatable bonds is 8. The third-order valence-corrected chi connectivity index (χ3v) is 7.55. The number of aryl methyl sites for hydroxylation is 1. The zero-order valence-electron chi connectivity index (χ0n) is 17.5. The molecule has 28 heavy (non-hydrogen) atoms. The summed E-state index contributed by atoms with van der Waals surface area (Å²) in [6.07, 6.45) is 18.0. The van der Waals surface area contributed by atoms with Gasteiger partial charge in [0.05, 0.1) is 0 Å². The van der Waals surface area contributed by atoms with E-state index in [0.29, 0.717) is 17.9 Å². The molecule has 0 atom stereocenters. The lowest BCUT2D eigenvalue weighted by molar-refractivity contribution is 0.140. The Kier molecular flexibility index (Phi) is 8.29. The highest BCUT2D eigenvalue weighted by Crippen LogP contribution is 2.43. The van der Waals surface area contributed by atoms with Crippen LogP contribution in [0.2, 0.25) is 0 Å². The number of hydrogen-bond acceptors (Lipinski definition) is 0. The zero-order chi connectivity index (χ0) is 19.9. The maximum absolute atomic E-state index is 13.4. The Morgan fingerprint density at radius 2 is 1.21 bits per heavy atom. The first-order valence-electron chi connectivity index (χ1n) is 11.7. The van der Waals surface area contributed by atoms with E-state index in [0.717, 1.165) is 36.3 Å². The molecule has 158 valence electrons. The molecule has 0 nitrogen and oxygen atoms in total. The summed E-state index contributed by atoms with van der Waals surface area (Å²) in [6, 6.07) is 2.31. The van der Waals surface area contributed by atoms with E-state index in [4.69, 9.17) is 0 Å². The van der Waals surface area contributed by atoms with Crippen LogP contribution in [0.5, 0.6) is 0 Å². The molecule has 2 aliphatic carbocycles. The van der Waals surface area contributed by atoms with Crippen LogP contribution in [0.4, 0.5) is 13.2 Å². The summed E-state index contributed by atoms with van der Waals surface area (Å²) in [7, 11) is 0. The van der Waals surface area contributed by atoms with Crippen LogP contribution in [0.1, 0.15) is 96.0 Å². The molecule has 3 rings (SSSR count). The summed E-state index contributed by atoms with van der Waals surface area (Å²) in [5.74, 6) is -0.0250. The Bertz CT molecular complexity index is 573. The van der Waals surface area contributed by atoms with Crippen LogP contribution >= 0.6 is 0 Å². The lowest BCUT2D eigenvalue weighted by Crippen LogP contribution is -2.26. The van der Waals surface area contributed by atoms with Gasteiger partial charge in [-0.1, -0.05) is 58.3 Å². The molecule has 3 heteroatoms. The predicted molar refractivity (Wildman–Crippen MR) is 110 cm³/mol. The van der Waals surface area contributed by atoms with Crippen LogP contribution in [-0.2, 0) is 6.42 Å². The minimum atomic E-state index is -1.36. The second-order valence-electron chi connectivity index (χ2n) is 9.47. The van der Waals surface area contributed by atoms with Crippen LogP contribution in [0.15, 0.2) is 12.1 Å². The van der Waals surface area contributed by atoms with E-state index in [1.54, 1.807) is 0 Å². The summed E-state index contributed by atoms with van der Waals surface area (Å²) in [5, 5.41) is 0. The van der Waals surface area contributed by atoms with Gasteiger partial charge in [-0.3, -0.25) is 0 Å². The monoisotopic (exact) mass is 394 g/mol. The molecule has 1 aromatic rings. The highest BCUT2D eigenvalue weighted by molar-refractivity contribution is 5.19. The highest BCUT2D eigenvalue weighted by atomic mass is 19.2. The molecule has 0 aliphatic heterocycles. The van der Waals surface area contributed by atoms with Gasteiger partial charge in [0, 0.05) is 0 Å². The average molecular weight is 395 g/mol. The van der Waals surface area contributed by atoms with Gasteiger partial charge in [-0.2, -0.15) is 0 Å². The van der Waals surface area contributed by atoms with Crippen molar-refractivity contribution in [2.75, 3.05) is 0 Å². The van der Waals surface area contributed by atoms with Gasteiger partial charge in [0.15, 0.2) is 17.5 Å². The van der Waals surface area contributed by atoms with Gasteiger partial charge in [-0.15, -0.1) is 0 Å². The fourth-order valence-electron chi connectivity index (χ4n) is 5.70. The molecule has 1 aromatic carbocycles. The van der Waals surface area contributed by atoms with Crippen molar-refractivity contribution in [3.63, 3.8) is 0 Å². The number of unbranched alkanes of at least 4 members (excludes halogenated alkanes) is 2. The molecule has 0 aromatic heterocycles. The third kappa shape index (κ3) is 6.00. The van der Waals surface area contributed by atoms with Crippen molar-refractivity contribution in [2.24, 2.45) is 23.7 Å². The minimum absolute atomic E-state index is 0.583. The van der Waals surface area contributed by atoms with Gasteiger partial charge >= 0.3 is 0 Å². The lowest BCUT2D eigenvalue weighted by atomic mass is 9.68. The van der Waals surface area contributed by atoms with Gasteiger partial charge < -0.3 is 0 Å². The second-order valence-corrected chi connectivity index (χ2v) is 9.47. The molecule has 0 bridgehead atoms. The summed E-state index contributed by atoms with van der Waals surface area (Å²) < 4.78 is 39.8. The summed E-state index contributed by atoms with van der Waals surface area (Å²) in [5.41, 5.74) is 0.583. The first-order valence-corrected chi connectivity index (χ1v) is 11.7. The van der Waals surface area contributed by atoms with Gasteiger partial charge in [-0.25, -0.2) is 13.2 Å². The topological polar surface area (TPSA) is 0 Å². The molecule has 0 amide bonds. The minimum Gasteiger partial charge on any atom is -0.204 e. The molecular weight excluding hydrogens is 357 g/mol. The fraction of sp³-hybridized carbons (Fsp3) is 0.760. The van der Waals surface area contributed by atoms with Crippen molar-refractivity contribution in [2.45, 2.75) is 96.8 Å². The van der Waals surface area contributed by atoms with Crippen LogP contribution in [0, 0.1) is 41.1 Å². The van der Waals surface area contributed by atoms with Crippen molar-refractivity contribution in [3.05, 3.63) is 35.1 Å². The molecule has 2 fully saturated rings. The Hall–Kier alpha value is -0.990. The van der Waals surface area contributed by atoms with E-state index in [1.165, 1.54) is 77.0 Å². The maximum Gasteiger partial charge on any atom is 0.194 e. The molecular formula is C25H37F3. The molecule has 0 radical (unpaired) electrons. The first kappa shape index (κ1) is 21.7. The average Bonchev–Trinajstić information content (AvgIpc) is 2.71. The van der Waals surface area contributed by atoms with Crippen molar-refractivity contribution < 1.29 is 13.2 Å². The SMILES string of the molecule is CCCCC[C@H]1CC[C@H](C2CCC(CCc3cc(F)c(F)c(F)c3)CC2)CC1. The molecule has 0 unspecified atom stereocenters. The first-order chi connectivity index (χ1) is 13.6. The molecule has 2 aliphatic rings. The summed E-state index contributed by atoms with van der Waals surface area (Å²) >= 11 is 0. The fourth-order valence-corrected chi connectivity index (χ4v) is 5.70. The van der Waals surface area contributed by atoms with E-state index < -0.39 is 17.5 Å². The third-order valence-electron chi connectivity index (χ3n) is 7.55. The zero-order valence-corrected chi connectivity index (χ0v) is 17.5. The van der Waals surface area contributed by atoms with E-state index >= 15 is 0 Å². The van der Waals surface area contributed by atoms with Gasteiger partial charge in [0.2, 0.25) is 0 Å². The standard InChI is InChI=1S/C25H37F3/c1-2-3-4-5-18-8-12-21(13-9-18)22-14-10-19(11-15-22)6-7-20-16-23(26)25(28)24(27)17-20/h16-19,21-22H,2-15H2,1H3/t18-,19?,21-,22?. The van der Waals surface area contributed by atoms with Crippen molar-refractivity contribution in [3.8, 4) is 0 Å². The Balaban J connectivity index is 1.36. The largest absolute Gasteiger partial charge is 0.204 e. The molecule has 0 N–H and O–H groups in total. The van der Waals surface area contributed by atoms with Gasteiger partial charge in [-0.05, 0) is 79.9 Å². The number of benzene rings is 1. The Labute approximate surface area is 169 Å². The Morgan fingerprint density at radius 1 is 0.714 bits per heavy atom. The van der Waals surface area contributed by atoms with Gasteiger partial charge in [0.1, 0.15) is 0 Å². The molecule has 0 saturated heterocycles.